The Bertz CT molecular complexity index is 717. The van der Waals surface area contributed by atoms with E-state index in [1.54, 1.807) is 11.8 Å². The van der Waals surface area contributed by atoms with Gasteiger partial charge in [0.1, 0.15) is 0 Å². The Balaban J connectivity index is 1.88. The molecule has 9 heteroatoms. The summed E-state index contributed by atoms with van der Waals surface area (Å²) >= 11 is 1.47. The van der Waals surface area contributed by atoms with E-state index in [9.17, 15) is 14.4 Å². The molecule has 0 aliphatic carbocycles. The maximum atomic E-state index is 13.1. The van der Waals surface area contributed by atoms with E-state index in [-0.39, 0.29) is 36.7 Å². The second-order valence-electron chi connectivity index (χ2n) is 7.66. The molecule has 1 aromatic rings. The second kappa shape index (κ2) is 12.0. The molecule has 0 bridgehead atoms. The lowest BCUT2D eigenvalue weighted by atomic mass is 9.96. The summed E-state index contributed by atoms with van der Waals surface area (Å²) in [5, 5.41) is 3.48. The minimum atomic E-state index is -0.277. The number of esters is 1. The van der Waals surface area contributed by atoms with Crippen molar-refractivity contribution >= 4 is 34.3 Å². The summed E-state index contributed by atoms with van der Waals surface area (Å²) in [6.07, 6.45) is 2.73. The molecular weight excluding hydrogens is 404 g/mol. The highest BCUT2D eigenvalue weighted by Gasteiger charge is 2.30. The Morgan fingerprint density at radius 1 is 1.27 bits per heavy atom. The summed E-state index contributed by atoms with van der Waals surface area (Å²) in [7, 11) is 0. The molecule has 1 fully saturated rings. The van der Waals surface area contributed by atoms with E-state index in [2.05, 4.69) is 10.3 Å². The molecule has 1 unspecified atom stereocenters. The van der Waals surface area contributed by atoms with Crippen LogP contribution in [0.2, 0.25) is 0 Å². The van der Waals surface area contributed by atoms with Gasteiger partial charge in [0.25, 0.3) is 0 Å². The Morgan fingerprint density at radius 3 is 2.67 bits per heavy atom. The van der Waals surface area contributed by atoms with Gasteiger partial charge in [0.05, 0.1) is 31.2 Å². The van der Waals surface area contributed by atoms with Crippen LogP contribution in [0.15, 0.2) is 0 Å². The number of aromatic nitrogens is 1. The molecule has 1 atom stereocenters. The van der Waals surface area contributed by atoms with E-state index in [0.29, 0.717) is 31.4 Å². The molecule has 2 rings (SSSR count). The average Bonchev–Trinajstić information content (AvgIpc) is 3.01. The van der Waals surface area contributed by atoms with E-state index in [4.69, 9.17) is 4.74 Å². The lowest BCUT2D eigenvalue weighted by molar-refractivity contribution is -0.145. The van der Waals surface area contributed by atoms with Crippen molar-refractivity contribution in [3.63, 3.8) is 0 Å². The van der Waals surface area contributed by atoms with Crippen LogP contribution in [0, 0.1) is 19.8 Å². The molecule has 8 nitrogen and oxygen atoms in total. The van der Waals surface area contributed by atoms with E-state index in [0.717, 1.165) is 36.4 Å². The number of piperidine rings is 1. The first-order valence-corrected chi connectivity index (χ1v) is 11.6. The first-order chi connectivity index (χ1) is 14.3. The zero-order chi connectivity index (χ0) is 22.1. The molecule has 0 radical (unpaired) electrons. The van der Waals surface area contributed by atoms with Crippen molar-refractivity contribution < 1.29 is 19.1 Å². The molecule has 2 heterocycles. The summed E-state index contributed by atoms with van der Waals surface area (Å²) in [5.74, 6) is -0.465. The van der Waals surface area contributed by atoms with Gasteiger partial charge in [-0.1, -0.05) is 6.92 Å². The fraction of sp³-hybridized carbons (Fsp3) is 0.714. The number of nitrogens with zero attached hydrogens (tertiary/aromatic N) is 3. The molecule has 1 N–H and O–H groups in total. The highest BCUT2D eigenvalue weighted by Crippen LogP contribution is 2.22. The van der Waals surface area contributed by atoms with E-state index in [1.165, 1.54) is 11.3 Å². The number of rotatable bonds is 10. The summed E-state index contributed by atoms with van der Waals surface area (Å²) < 4.78 is 4.98. The topological polar surface area (TPSA) is 91.8 Å². The molecule has 0 saturated carbocycles. The Hall–Kier alpha value is -2.00. The van der Waals surface area contributed by atoms with Gasteiger partial charge in [-0.05, 0) is 46.6 Å². The van der Waals surface area contributed by atoms with Crippen molar-refractivity contribution in [3.8, 4) is 0 Å². The third-order valence-electron chi connectivity index (χ3n) is 5.19. The number of hydrogen-bond acceptors (Lipinski definition) is 7. The number of aryl methyl sites for hydroxylation is 2. The number of anilines is 1. The van der Waals surface area contributed by atoms with Gasteiger partial charge in [-0.3, -0.25) is 19.3 Å². The van der Waals surface area contributed by atoms with Gasteiger partial charge in [-0.15, -0.1) is 11.3 Å². The predicted molar refractivity (Wildman–Crippen MR) is 118 cm³/mol. The van der Waals surface area contributed by atoms with Crippen LogP contribution in [-0.4, -0.2) is 71.9 Å². The van der Waals surface area contributed by atoms with Gasteiger partial charge in [0.15, 0.2) is 5.13 Å². The summed E-state index contributed by atoms with van der Waals surface area (Å²) in [6, 6.07) is 0. The Labute approximate surface area is 183 Å². The average molecular weight is 439 g/mol. The molecule has 0 spiro atoms. The first-order valence-electron chi connectivity index (χ1n) is 10.7. The molecule has 1 saturated heterocycles. The maximum Gasteiger partial charge on any atom is 0.307 e. The fourth-order valence-corrected chi connectivity index (χ4v) is 4.44. The van der Waals surface area contributed by atoms with Crippen LogP contribution in [0.5, 0.6) is 0 Å². The molecule has 30 heavy (non-hydrogen) atoms. The molecule has 1 aliphatic heterocycles. The van der Waals surface area contributed by atoms with E-state index >= 15 is 0 Å². The van der Waals surface area contributed by atoms with Crippen molar-refractivity contribution in [1.82, 2.24) is 14.8 Å². The number of thiazole rings is 1. The van der Waals surface area contributed by atoms with E-state index < -0.39 is 0 Å². The van der Waals surface area contributed by atoms with Crippen molar-refractivity contribution in [2.75, 3.05) is 44.6 Å². The summed E-state index contributed by atoms with van der Waals surface area (Å²) in [6.45, 7) is 10.6. The van der Waals surface area contributed by atoms with Crippen LogP contribution < -0.4 is 5.32 Å². The molecule has 1 aliphatic rings. The largest absolute Gasteiger partial charge is 0.466 e. The summed E-state index contributed by atoms with van der Waals surface area (Å²) in [4.78, 5) is 46.4. The van der Waals surface area contributed by atoms with Crippen molar-refractivity contribution in [2.24, 2.45) is 5.92 Å². The van der Waals surface area contributed by atoms with Crippen LogP contribution in [-0.2, 0) is 19.1 Å². The van der Waals surface area contributed by atoms with Crippen LogP contribution in [0.25, 0.3) is 0 Å². The maximum absolute atomic E-state index is 13.1. The summed E-state index contributed by atoms with van der Waals surface area (Å²) in [5.41, 5.74) is 0.928. The monoisotopic (exact) mass is 438 g/mol. The Morgan fingerprint density at radius 2 is 2.03 bits per heavy atom. The first kappa shape index (κ1) is 24.3. The minimum absolute atomic E-state index is 0.0671. The third-order valence-corrected chi connectivity index (χ3v) is 6.18. The van der Waals surface area contributed by atoms with Crippen molar-refractivity contribution in [1.29, 1.82) is 0 Å². The normalized spacial score (nSPS) is 16.9. The number of hydrogen-bond donors (Lipinski definition) is 1. The number of nitrogens with one attached hydrogen (secondary N) is 1. The van der Waals surface area contributed by atoms with Gasteiger partial charge >= 0.3 is 5.97 Å². The highest BCUT2D eigenvalue weighted by molar-refractivity contribution is 7.15. The van der Waals surface area contributed by atoms with Crippen molar-refractivity contribution in [2.45, 2.75) is 53.4 Å². The van der Waals surface area contributed by atoms with Gasteiger partial charge in [-0.2, -0.15) is 0 Å². The zero-order valence-electron chi connectivity index (χ0n) is 18.5. The number of carbonyl (C=O) groups is 3. The van der Waals surface area contributed by atoms with Crippen LogP contribution >= 0.6 is 11.3 Å². The van der Waals surface area contributed by atoms with Gasteiger partial charge in [0, 0.05) is 24.5 Å². The van der Waals surface area contributed by atoms with Crippen LogP contribution in [0.4, 0.5) is 5.13 Å². The molecule has 1 aromatic heterocycles. The Kier molecular flexibility index (Phi) is 9.71. The van der Waals surface area contributed by atoms with Gasteiger partial charge < -0.3 is 15.0 Å². The number of carbonyl (C=O) groups excluding carboxylic acids is 3. The zero-order valence-corrected chi connectivity index (χ0v) is 19.3. The molecule has 2 amide bonds. The van der Waals surface area contributed by atoms with E-state index in [1.807, 2.05) is 25.7 Å². The minimum Gasteiger partial charge on any atom is -0.466 e. The second-order valence-corrected chi connectivity index (χ2v) is 8.87. The van der Waals surface area contributed by atoms with Crippen LogP contribution in [0.3, 0.4) is 0 Å². The smallest absolute Gasteiger partial charge is 0.307 e. The van der Waals surface area contributed by atoms with Gasteiger partial charge in [-0.25, -0.2) is 4.98 Å². The SMILES string of the molecule is CCCN(CCC(=O)OCC)C(=O)C1CCCN(CC(=O)Nc2nc(C)c(C)s2)C1. The fourth-order valence-electron chi connectivity index (χ4n) is 3.61. The standard InChI is InChI=1S/C21H34N4O4S/c1-5-10-25(12-9-19(27)29-6-2)20(28)17-8-7-11-24(13-17)14-18(26)23-21-22-15(3)16(4)30-21/h17H,5-14H2,1-4H3,(H,22,23,26). The lowest BCUT2D eigenvalue weighted by Gasteiger charge is -2.34. The molecular formula is C21H34N4O4S. The number of amides is 2. The van der Waals surface area contributed by atoms with Crippen molar-refractivity contribution in [3.05, 3.63) is 10.6 Å². The molecule has 0 aromatic carbocycles. The quantitative estimate of drug-likeness (QED) is 0.565. The highest BCUT2D eigenvalue weighted by atomic mass is 32.1. The predicted octanol–water partition coefficient (Wildman–Crippen LogP) is 2.60. The molecule has 168 valence electrons. The number of likely N-dealkylation sites (tertiary alicyclic amines) is 1. The number of ether oxygens (including phenoxy) is 1. The third kappa shape index (κ3) is 7.36. The van der Waals surface area contributed by atoms with Gasteiger partial charge in [0.2, 0.25) is 11.8 Å². The van der Waals surface area contributed by atoms with Crippen LogP contribution in [0.1, 0.15) is 50.1 Å². The lowest BCUT2D eigenvalue weighted by Crippen LogP contribution is -2.47.